The van der Waals surface area contributed by atoms with E-state index >= 15 is 0 Å². The van der Waals surface area contributed by atoms with Gasteiger partial charge in [-0.2, -0.15) is 0 Å². The Kier molecular flexibility index (Phi) is 3.21. The third kappa shape index (κ3) is 2.39. The topological polar surface area (TPSA) is 48.0 Å². The summed E-state index contributed by atoms with van der Waals surface area (Å²) in [7, 11) is 1.75. The molecule has 102 valence electrons. The van der Waals surface area contributed by atoms with Crippen molar-refractivity contribution in [1.29, 1.82) is 0 Å². The van der Waals surface area contributed by atoms with Crippen molar-refractivity contribution in [3.05, 3.63) is 76.1 Å². The quantitative estimate of drug-likeness (QED) is 0.506. The van der Waals surface area contributed by atoms with Gasteiger partial charge in [-0.3, -0.25) is 4.79 Å². The normalized spacial score (nSPS) is 10.1. The fourth-order valence-electron chi connectivity index (χ4n) is 2.27. The lowest BCUT2D eigenvalue weighted by molar-refractivity contribution is 0.906. The summed E-state index contributed by atoms with van der Waals surface area (Å²) in [5, 5.41) is 0.889. The van der Waals surface area contributed by atoms with Gasteiger partial charge in [-0.1, -0.05) is 30.0 Å². The first-order chi connectivity index (χ1) is 10.2. The Hall–Kier alpha value is -2.99. The summed E-state index contributed by atoms with van der Waals surface area (Å²) in [6.45, 7) is 0. The van der Waals surface area contributed by atoms with Crippen molar-refractivity contribution in [2.75, 3.05) is 5.73 Å². The van der Waals surface area contributed by atoms with Gasteiger partial charge in [0.15, 0.2) is 0 Å². The van der Waals surface area contributed by atoms with Crippen molar-refractivity contribution in [1.82, 2.24) is 4.57 Å². The number of hydrogen-bond donors (Lipinski definition) is 1. The van der Waals surface area contributed by atoms with E-state index in [1.807, 2.05) is 36.4 Å². The van der Waals surface area contributed by atoms with Crippen LogP contribution in [0.5, 0.6) is 0 Å². The van der Waals surface area contributed by atoms with Gasteiger partial charge < -0.3 is 10.3 Å². The molecule has 0 spiro atoms. The molecule has 0 aliphatic rings. The standard InChI is InChI=1S/C18H14N2O/c1-20-17-11-10-16(19)14(15(17)9-12-18(20)21)8-7-13-5-3-2-4-6-13/h2-6,9-12H,19H2,1H3. The van der Waals surface area contributed by atoms with E-state index in [9.17, 15) is 4.79 Å². The average molecular weight is 274 g/mol. The molecular weight excluding hydrogens is 260 g/mol. The number of anilines is 1. The molecule has 0 atom stereocenters. The number of nitrogen functional groups attached to an aromatic ring is 1. The summed E-state index contributed by atoms with van der Waals surface area (Å²) in [5.74, 6) is 6.24. The Labute approximate surface area is 122 Å². The highest BCUT2D eigenvalue weighted by Gasteiger charge is 2.06. The molecule has 0 aliphatic heterocycles. The third-order valence-electron chi connectivity index (χ3n) is 3.44. The van der Waals surface area contributed by atoms with Gasteiger partial charge in [0.05, 0.1) is 11.1 Å². The monoisotopic (exact) mass is 274 g/mol. The fraction of sp³-hybridized carbons (Fsp3) is 0.0556. The molecule has 0 saturated heterocycles. The van der Waals surface area contributed by atoms with Crippen LogP contribution >= 0.6 is 0 Å². The van der Waals surface area contributed by atoms with E-state index in [-0.39, 0.29) is 5.56 Å². The summed E-state index contributed by atoms with van der Waals surface area (Å²) >= 11 is 0. The van der Waals surface area contributed by atoms with E-state index in [1.165, 1.54) is 6.07 Å². The Balaban J connectivity index is 2.24. The molecule has 3 heteroatoms. The van der Waals surface area contributed by atoms with Crippen LogP contribution in [0.1, 0.15) is 11.1 Å². The molecule has 0 unspecified atom stereocenters. The molecule has 2 aromatic carbocycles. The van der Waals surface area contributed by atoms with Gasteiger partial charge in [0.1, 0.15) is 0 Å². The van der Waals surface area contributed by atoms with Gasteiger partial charge in [-0.05, 0) is 30.3 Å². The summed E-state index contributed by atoms with van der Waals surface area (Å²) in [6, 6.07) is 16.7. The highest BCUT2D eigenvalue weighted by atomic mass is 16.1. The predicted octanol–water partition coefficient (Wildman–Crippen LogP) is 2.52. The largest absolute Gasteiger partial charge is 0.398 e. The number of aryl methyl sites for hydroxylation is 1. The van der Waals surface area contributed by atoms with Crippen molar-refractivity contribution >= 4 is 16.6 Å². The van der Waals surface area contributed by atoms with Crippen LogP contribution in [0.2, 0.25) is 0 Å². The minimum absolute atomic E-state index is 0.0470. The predicted molar refractivity (Wildman–Crippen MR) is 86.0 cm³/mol. The van der Waals surface area contributed by atoms with Crippen LogP contribution in [0, 0.1) is 11.8 Å². The van der Waals surface area contributed by atoms with E-state index in [2.05, 4.69) is 11.8 Å². The Morgan fingerprint density at radius 1 is 0.952 bits per heavy atom. The van der Waals surface area contributed by atoms with Gasteiger partial charge in [-0.25, -0.2) is 0 Å². The summed E-state index contributed by atoms with van der Waals surface area (Å²) in [5.41, 5.74) is 9.13. The van der Waals surface area contributed by atoms with Crippen LogP contribution in [0.15, 0.2) is 59.4 Å². The third-order valence-corrected chi connectivity index (χ3v) is 3.44. The van der Waals surface area contributed by atoms with Crippen LogP contribution in [0.25, 0.3) is 10.9 Å². The molecule has 0 bridgehead atoms. The molecule has 3 nitrogen and oxygen atoms in total. The molecule has 0 fully saturated rings. The molecule has 1 aromatic heterocycles. The van der Waals surface area contributed by atoms with Crippen molar-refractivity contribution in [3.63, 3.8) is 0 Å². The summed E-state index contributed by atoms with van der Waals surface area (Å²) < 4.78 is 1.60. The fourth-order valence-corrected chi connectivity index (χ4v) is 2.27. The maximum absolute atomic E-state index is 11.7. The summed E-state index contributed by atoms with van der Waals surface area (Å²) in [6.07, 6.45) is 0. The van der Waals surface area contributed by atoms with Crippen molar-refractivity contribution in [2.24, 2.45) is 7.05 Å². The van der Waals surface area contributed by atoms with E-state index in [0.29, 0.717) is 5.69 Å². The Morgan fingerprint density at radius 2 is 1.71 bits per heavy atom. The molecule has 0 radical (unpaired) electrons. The average Bonchev–Trinajstić information content (AvgIpc) is 2.51. The second-order valence-electron chi connectivity index (χ2n) is 4.81. The number of rotatable bonds is 0. The zero-order valence-corrected chi connectivity index (χ0v) is 11.6. The van der Waals surface area contributed by atoms with Crippen LogP contribution in [-0.4, -0.2) is 4.57 Å². The molecule has 0 saturated carbocycles. The van der Waals surface area contributed by atoms with Crippen LogP contribution in [0.4, 0.5) is 5.69 Å². The first kappa shape index (κ1) is 13.0. The Bertz CT molecular complexity index is 928. The van der Waals surface area contributed by atoms with Gasteiger partial charge in [-0.15, -0.1) is 0 Å². The molecule has 0 amide bonds. The smallest absolute Gasteiger partial charge is 0.250 e. The molecule has 1 heterocycles. The number of aromatic nitrogens is 1. The molecular formula is C18H14N2O. The molecule has 2 N–H and O–H groups in total. The number of benzene rings is 2. The van der Waals surface area contributed by atoms with Crippen molar-refractivity contribution < 1.29 is 0 Å². The molecule has 3 rings (SSSR count). The number of nitrogens with zero attached hydrogens (tertiary/aromatic N) is 1. The molecule has 0 aliphatic carbocycles. The van der Waals surface area contributed by atoms with E-state index < -0.39 is 0 Å². The molecule has 3 aromatic rings. The zero-order valence-electron chi connectivity index (χ0n) is 11.6. The minimum Gasteiger partial charge on any atom is -0.398 e. The first-order valence-corrected chi connectivity index (χ1v) is 6.62. The number of pyridine rings is 1. The SMILES string of the molecule is Cn1c(=O)ccc2c(C#Cc3ccccc3)c(N)ccc21. The maximum Gasteiger partial charge on any atom is 0.250 e. The lowest BCUT2D eigenvalue weighted by Crippen LogP contribution is -2.15. The van der Waals surface area contributed by atoms with Gasteiger partial charge in [0, 0.05) is 29.8 Å². The zero-order chi connectivity index (χ0) is 14.8. The van der Waals surface area contributed by atoms with Crippen molar-refractivity contribution in [3.8, 4) is 11.8 Å². The highest BCUT2D eigenvalue weighted by molar-refractivity contribution is 5.90. The van der Waals surface area contributed by atoms with E-state index in [0.717, 1.165) is 22.0 Å². The second-order valence-corrected chi connectivity index (χ2v) is 4.81. The van der Waals surface area contributed by atoms with Gasteiger partial charge >= 0.3 is 0 Å². The van der Waals surface area contributed by atoms with Gasteiger partial charge in [0.25, 0.3) is 5.56 Å². The number of nitrogens with two attached hydrogens (primary N) is 1. The highest BCUT2D eigenvalue weighted by Crippen LogP contribution is 2.22. The number of fused-ring (bicyclic) bond motifs is 1. The summed E-state index contributed by atoms with van der Waals surface area (Å²) in [4.78, 5) is 11.7. The lowest BCUT2D eigenvalue weighted by Gasteiger charge is -2.08. The van der Waals surface area contributed by atoms with E-state index in [4.69, 9.17) is 5.73 Å². The first-order valence-electron chi connectivity index (χ1n) is 6.62. The maximum atomic E-state index is 11.7. The molecule has 21 heavy (non-hydrogen) atoms. The van der Waals surface area contributed by atoms with Crippen molar-refractivity contribution in [2.45, 2.75) is 0 Å². The lowest BCUT2D eigenvalue weighted by atomic mass is 10.1. The van der Waals surface area contributed by atoms with E-state index in [1.54, 1.807) is 23.7 Å². The van der Waals surface area contributed by atoms with Crippen LogP contribution in [0.3, 0.4) is 0 Å². The second kappa shape index (κ2) is 5.18. The van der Waals surface area contributed by atoms with Crippen LogP contribution in [-0.2, 0) is 7.05 Å². The number of hydrogen-bond acceptors (Lipinski definition) is 2. The Morgan fingerprint density at radius 3 is 2.48 bits per heavy atom. The minimum atomic E-state index is -0.0470. The van der Waals surface area contributed by atoms with Gasteiger partial charge in [0.2, 0.25) is 0 Å². The van der Waals surface area contributed by atoms with Crippen LogP contribution < -0.4 is 11.3 Å².